The molecule has 8 nitrogen and oxygen atoms in total. The van der Waals surface area contributed by atoms with Gasteiger partial charge < -0.3 is 15.7 Å². The molecule has 2 unspecified atom stereocenters. The maximum absolute atomic E-state index is 12.4. The average molecular weight is 573 g/mol. The van der Waals surface area contributed by atoms with Crippen LogP contribution >= 0.6 is 9.24 Å². The van der Waals surface area contributed by atoms with E-state index in [9.17, 15) is 9.90 Å². The van der Waals surface area contributed by atoms with Crippen molar-refractivity contribution >= 4 is 15.3 Å². The van der Waals surface area contributed by atoms with Crippen LogP contribution in [0.2, 0.25) is 0 Å². The predicted molar refractivity (Wildman–Crippen MR) is 170 cm³/mol. The molecule has 3 rings (SSSR count). The fourth-order valence-electron chi connectivity index (χ4n) is 6.20. The summed E-state index contributed by atoms with van der Waals surface area (Å²) in [5.74, 6) is 0.346. The lowest BCUT2D eigenvalue weighted by atomic mass is 9.97. The van der Waals surface area contributed by atoms with Crippen LogP contribution in [0.15, 0.2) is 58.4 Å². The molecule has 2 saturated heterocycles. The number of piperidine rings is 1. The van der Waals surface area contributed by atoms with Crippen molar-refractivity contribution in [3.63, 3.8) is 0 Å². The minimum absolute atomic E-state index is 0.0973. The van der Waals surface area contributed by atoms with Crippen LogP contribution in [-0.4, -0.2) is 102 Å². The molecule has 224 valence electrons. The number of piperazine rings is 1. The first-order valence-corrected chi connectivity index (χ1v) is 15.8. The van der Waals surface area contributed by atoms with Gasteiger partial charge in [-0.15, -0.1) is 9.24 Å². The SMILES string of the molecule is C\C=C/C(CN1CCC(N2CCN(C/C(O)=C\C3=C(CC)N(C(=O)NCC)CN3)CC2CC)CC1)=C(P)\C=C\C. The fraction of sp³-hybridized carbons (Fsp3) is 0.645. The number of hydrogen-bond donors (Lipinski definition) is 3. The van der Waals surface area contributed by atoms with Gasteiger partial charge in [0.05, 0.1) is 18.9 Å². The molecule has 40 heavy (non-hydrogen) atoms. The van der Waals surface area contributed by atoms with Gasteiger partial charge in [0.25, 0.3) is 0 Å². The Kier molecular flexibility index (Phi) is 13.2. The van der Waals surface area contributed by atoms with E-state index in [2.05, 4.69) is 79.6 Å². The molecule has 3 aliphatic heterocycles. The molecule has 0 aromatic carbocycles. The zero-order valence-corrected chi connectivity index (χ0v) is 26.6. The van der Waals surface area contributed by atoms with Crippen molar-refractivity contribution in [2.45, 2.75) is 72.4 Å². The Labute approximate surface area is 245 Å². The number of nitrogens with zero attached hydrogens (tertiary/aromatic N) is 4. The average Bonchev–Trinajstić information content (AvgIpc) is 3.35. The lowest BCUT2D eigenvalue weighted by Gasteiger charge is -2.47. The molecule has 9 heteroatoms. The van der Waals surface area contributed by atoms with Gasteiger partial charge in [0.2, 0.25) is 0 Å². The van der Waals surface area contributed by atoms with E-state index in [0.29, 0.717) is 37.6 Å². The summed E-state index contributed by atoms with van der Waals surface area (Å²) in [5.41, 5.74) is 3.14. The standard InChI is InChI=1S/C31H53N6O2P/c1-6-11-24(30(40)12-7-2)20-34-15-13-26(14-16-34)36-18-17-35(21-25(36)8-3)22-27(38)19-28-29(9-4)37(23-33-28)31(39)32-10-5/h6-7,11-12,19,25-26,33,38H,8-10,13-18,20-23,40H2,1-5H3,(H,32,39)/b11-6-,12-7+,27-19+,30-24-. The number of rotatable bonds is 11. The van der Waals surface area contributed by atoms with Crippen molar-refractivity contribution in [2.75, 3.05) is 59.0 Å². The van der Waals surface area contributed by atoms with E-state index < -0.39 is 0 Å². The van der Waals surface area contributed by atoms with Gasteiger partial charge in [-0.1, -0.05) is 38.2 Å². The smallest absolute Gasteiger partial charge is 0.323 e. The summed E-state index contributed by atoms with van der Waals surface area (Å²) in [6, 6.07) is 1.04. The van der Waals surface area contributed by atoms with Crippen LogP contribution in [0.25, 0.3) is 0 Å². The van der Waals surface area contributed by atoms with Gasteiger partial charge in [0, 0.05) is 56.6 Å². The molecule has 3 heterocycles. The highest BCUT2D eigenvalue weighted by Crippen LogP contribution is 2.26. The highest BCUT2D eigenvalue weighted by molar-refractivity contribution is 7.23. The van der Waals surface area contributed by atoms with E-state index in [4.69, 9.17) is 0 Å². The minimum Gasteiger partial charge on any atom is -0.511 e. The second kappa shape index (κ2) is 16.4. The summed E-state index contributed by atoms with van der Waals surface area (Å²) >= 11 is 0. The topological polar surface area (TPSA) is 74.3 Å². The van der Waals surface area contributed by atoms with Crippen LogP contribution in [-0.2, 0) is 0 Å². The molecular weight excluding hydrogens is 519 g/mol. The molecule has 0 aliphatic carbocycles. The maximum atomic E-state index is 12.4. The first-order valence-electron chi connectivity index (χ1n) is 15.2. The Hall–Kier alpha value is -2.12. The molecule has 2 fully saturated rings. The summed E-state index contributed by atoms with van der Waals surface area (Å²) < 4.78 is 0. The monoisotopic (exact) mass is 572 g/mol. The molecule has 0 spiro atoms. The first kappa shape index (κ1) is 32.4. The van der Waals surface area contributed by atoms with Crippen molar-refractivity contribution in [1.82, 2.24) is 30.2 Å². The van der Waals surface area contributed by atoms with Gasteiger partial charge >= 0.3 is 6.03 Å². The zero-order chi connectivity index (χ0) is 29.1. The Morgan fingerprint density at radius 2 is 1.77 bits per heavy atom. The number of urea groups is 1. The van der Waals surface area contributed by atoms with Crippen LogP contribution < -0.4 is 10.6 Å². The first-order chi connectivity index (χ1) is 19.3. The van der Waals surface area contributed by atoms with E-state index >= 15 is 0 Å². The van der Waals surface area contributed by atoms with E-state index in [-0.39, 0.29) is 6.03 Å². The van der Waals surface area contributed by atoms with E-state index in [1.54, 1.807) is 4.90 Å². The highest BCUT2D eigenvalue weighted by Gasteiger charge is 2.33. The number of allylic oxidation sites excluding steroid dienone is 6. The third kappa shape index (κ3) is 8.69. The second-order valence-electron chi connectivity index (χ2n) is 11.0. The van der Waals surface area contributed by atoms with Crippen LogP contribution in [0, 0.1) is 0 Å². The largest absolute Gasteiger partial charge is 0.511 e. The number of nitrogens with one attached hydrogen (secondary N) is 2. The summed E-state index contributed by atoms with van der Waals surface area (Å²) in [6.45, 7) is 18.2. The Morgan fingerprint density at radius 3 is 2.40 bits per heavy atom. The van der Waals surface area contributed by atoms with Gasteiger partial charge in [-0.3, -0.25) is 19.6 Å². The summed E-state index contributed by atoms with van der Waals surface area (Å²) in [7, 11) is 2.90. The van der Waals surface area contributed by atoms with Crippen LogP contribution in [0.1, 0.15) is 60.3 Å². The van der Waals surface area contributed by atoms with E-state index in [1.165, 1.54) is 23.7 Å². The zero-order valence-electron chi connectivity index (χ0n) is 25.5. The molecule has 3 N–H and O–H groups in total. The van der Waals surface area contributed by atoms with Gasteiger partial charge in [0.1, 0.15) is 5.76 Å². The lowest BCUT2D eigenvalue weighted by Crippen LogP contribution is -2.58. The van der Waals surface area contributed by atoms with E-state index in [0.717, 1.165) is 63.5 Å². The van der Waals surface area contributed by atoms with Gasteiger partial charge in [0.15, 0.2) is 0 Å². The Bertz CT molecular complexity index is 996. The van der Waals surface area contributed by atoms with Crippen LogP contribution in [0.4, 0.5) is 4.79 Å². The van der Waals surface area contributed by atoms with Crippen molar-refractivity contribution < 1.29 is 9.90 Å². The Morgan fingerprint density at radius 1 is 1.05 bits per heavy atom. The van der Waals surface area contributed by atoms with Crippen molar-refractivity contribution in [3.05, 3.63) is 58.4 Å². The highest BCUT2D eigenvalue weighted by atomic mass is 31.0. The quantitative estimate of drug-likeness (QED) is 0.188. The summed E-state index contributed by atoms with van der Waals surface area (Å²) in [6.07, 6.45) is 14.7. The number of likely N-dealkylation sites (tertiary alicyclic amines) is 1. The number of hydrogen-bond acceptors (Lipinski definition) is 6. The molecular formula is C31H53N6O2P. The predicted octanol–water partition coefficient (Wildman–Crippen LogP) is 4.78. The number of carbonyl (C=O) groups is 1. The number of aliphatic hydroxyl groups excluding tert-OH is 1. The second-order valence-corrected chi connectivity index (χ2v) is 11.6. The third-order valence-electron chi connectivity index (χ3n) is 8.26. The molecule has 0 aromatic rings. The molecule has 3 aliphatic rings. The van der Waals surface area contributed by atoms with Gasteiger partial charge in [-0.2, -0.15) is 0 Å². The Balaban J connectivity index is 1.55. The van der Waals surface area contributed by atoms with Gasteiger partial charge in [-0.25, -0.2) is 4.79 Å². The number of amides is 2. The number of carbonyl (C=O) groups excluding carboxylic acids is 1. The molecule has 0 bridgehead atoms. The van der Waals surface area contributed by atoms with Crippen LogP contribution in [0.5, 0.6) is 0 Å². The summed E-state index contributed by atoms with van der Waals surface area (Å²) in [4.78, 5) is 21.8. The third-order valence-corrected chi connectivity index (χ3v) is 8.82. The molecule has 0 radical (unpaired) electrons. The lowest BCUT2D eigenvalue weighted by molar-refractivity contribution is 0.0149. The molecule has 2 atom stereocenters. The van der Waals surface area contributed by atoms with Crippen LogP contribution in [0.3, 0.4) is 0 Å². The van der Waals surface area contributed by atoms with Crippen molar-refractivity contribution in [2.24, 2.45) is 0 Å². The van der Waals surface area contributed by atoms with Gasteiger partial charge in [-0.05, 0) is 70.4 Å². The van der Waals surface area contributed by atoms with Crippen molar-refractivity contribution in [3.8, 4) is 0 Å². The molecule has 0 saturated carbocycles. The van der Waals surface area contributed by atoms with Crippen molar-refractivity contribution in [1.29, 1.82) is 0 Å². The normalized spacial score (nSPS) is 23.4. The summed E-state index contributed by atoms with van der Waals surface area (Å²) in [5, 5.41) is 18.3. The molecule has 2 amide bonds. The number of aliphatic hydroxyl groups is 1. The maximum Gasteiger partial charge on any atom is 0.323 e. The molecule has 0 aromatic heterocycles. The fourth-order valence-corrected chi connectivity index (χ4v) is 6.58. The van der Waals surface area contributed by atoms with E-state index in [1.807, 2.05) is 19.9 Å². The minimum atomic E-state index is -0.0973.